The van der Waals surface area contributed by atoms with Crippen molar-refractivity contribution < 1.29 is 5.21 Å². The lowest BCUT2D eigenvalue weighted by molar-refractivity contribution is 0.318. The molecule has 1 aromatic heterocycles. The molecular weight excluding hydrogens is 166 g/mol. The molecule has 1 heterocycles. The SMILES string of the molecule is CCC(C)n1cccc1/C(N)=N/O. The predicted octanol–water partition coefficient (Wildman–Crippen LogP) is 1.55. The summed E-state index contributed by atoms with van der Waals surface area (Å²) in [6.07, 6.45) is 2.95. The fourth-order valence-corrected chi connectivity index (χ4v) is 1.24. The van der Waals surface area contributed by atoms with Gasteiger partial charge in [-0.25, -0.2) is 0 Å². The second kappa shape index (κ2) is 3.98. The van der Waals surface area contributed by atoms with Gasteiger partial charge in [-0.1, -0.05) is 12.1 Å². The summed E-state index contributed by atoms with van der Waals surface area (Å²) in [5.74, 6) is 0.158. The van der Waals surface area contributed by atoms with E-state index in [1.54, 1.807) is 0 Å². The average molecular weight is 181 g/mol. The van der Waals surface area contributed by atoms with Crippen molar-refractivity contribution in [2.75, 3.05) is 0 Å². The normalized spacial score (nSPS) is 14.5. The quantitative estimate of drug-likeness (QED) is 0.321. The lowest BCUT2D eigenvalue weighted by Gasteiger charge is -2.14. The summed E-state index contributed by atoms with van der Waals surface area (Å²) in [5, 5.41) is 11.5. The monoisotopic (exact) mass is 181 g/mol. The van der Waals surface area contributed by atoms with Gasteiger partial charge in [0.05, 0.1) is 5.69 Å². The first-order valence-electron chi connectivity index (χ1n) is 4.35. The Morgan fingerprint density at radius 3 is 3.00 bits per heavy atom. The van der Waals surface area contributed by atoms with Crippen LogP contribution in [0.5, 0.6) is 0 Å². The average Bonchev–Trinajstić information content (AvgIpc) is 2.63. The Balaban J connectivity index is 3.02. The zero-order chi connectivity index (χ0) is 9.84. The number of nitrogens with two attached hydrogens (primary N) is 1. The van der Waals surface area contributed by atoms with Crippen LogP contribution in [0.4, 0.5) is 0 Å². The lowest BCUT2D eigenvalue weighted by atomic mass is 10.2. The van der Waals surface area contributed by atoms with Gasteiger partial charge < -0.3 is 15.5 Å². The molecule has 0 amide bonds. The van der Waals surface area contributed by atoms with Gasteiger partial charge in [-0.3, -0.25) is 0 Å². The first-order valence-corrected chi connectivity index (χ1v) is 4.35. The van der Waals surface area contributed by atoms with Crippen molar-refractivity contribution in [1.29, 1.82) is 0 Å². The van der Waals surface area contributed by atoms with Gasteiger partial charge in [-0.2, -0.15) is 0 Å². The summed E-state index contributed by atoms with van der Waals surface area (Å²) in [6.45, 7) is 4.19. The summed E-state index contributed by atoms with van der Waals surface area (Å²) >= 11 is 0. The van der Waals surface area contributed by atoms with Gasteiger partial charge in [-0.15, -0.1) is 0 Å². The van der Waals surface area contributed by atoms with Crippen molar-refractivity contribution in [3.8, 4) is 0 Å². The maximum absolute atomic E-state index is 8.54. The van der Waals surface area contributed by atoms with Crippen LogP contribution in [-0.2, 0) is 0 Å². The molecule has 0 saturated heterocycles. The Labute approximate surface area is 77.7 Å². The number of oxime groups is 1. The van der Waals surface area contributed by atoms with E-state index < -0.39 is 0 Å². The molecule has 1 atom stereocenters. The Morgan fingerprint density at radius 1 is 1.77 bits per heavy atom. The van der Waals surface area contributed by atoms with Crippen molar-refractivity contribution in [3.63, 3.8) is 0 Å². The van der Waals surface area contributed by atoms with Gasteiger partial charge in [0.2, 0.25) is 0 Å². The van der Waals surface area contributed by atoms with Crippen LogP contribution in [0.3, 0.4) is 0 Å². The topological polar surface area (TPSA) is 63.5 Å². The van der Waals surface area contributed by atoms with E-state index in [-0.39, 0.29) is 5.84 Å². The number of amidine groups is 1. The Bertz CT molecular complexity index is 304. The summed E-state index contributed by atoms with van der Waals surface area (Å²) in [6, 6.07) is 4.09. The minimum atomic E-state index is 0.158. The third-order valence-electron chi connectivity index (χ3n) is 2.21. The fraction of sp³-hybridized carbons (Fsp3) is 0.444. The van der Waals surface area contributed by atoms with E-state index in [9.17, 15) is 0 Å². The number of hydrogen-bond donors (Lipinski definition) is 2. The highest BCUT2D eigenvalue weighted by Crippen LogP contribution is 2.14. The summed E-state index contributed by atoms with van der Waals surface area (Å²) in [7, 11) is 0. The molecule has 1 rings (SSSR count). The Hall–Kier alpha value is -1.45. The van der Waals surface area contributed by atoms with Crippen molar-refractivity contribution >= 4 is 5.84 Å². The molecule has 4 nitrogen and oxygen atoms in total. The van der Waals surface area contributed by atoms with E-state index in [0.29, 0.717) is 6.04 Å². The maximum Gasteiger partial charge on any atom is 0.186 e. The van der Waals surface area contributed by atoms with E-state index in [4.69, 9.17) is 10.9 Å². The highest BCUT2D eigenvalue weighted by Gasteiger charge is 2.09. The van der Waals surface area contributed by atoms with E-state index in [2.05, 4.69) is 19.0 Å². The number of hydrogen-bond acceptors (Lipinski definition) is 2. The van der Waals surface area contributed by atoms with Gasteiger partial charge in [0.1, 0.15) is 0 Å². The van der Waals surface area contributed by atoms with Gasteiger partial charge >= 0.3 is 0 Å². The summed E-state index contributed by atoms with van der Waals surface area (Å²) < 4.78 is 2.00. The molecule has 0 bridgehead atoms. The van der Waals surface area contributed by atoms with Crippen molar-refractivity contribution in [1.82, 2.24) is 4.57 Å². The van der Waals surface area contributed by atoms with Crippen molar-refractivity contribution in [3.05, 3.63) is 24.0 Å². The van der Waals surface area contributed by atoms with Crippen LogP contribution in [0.1, 0.15) is 32.0 Å². The van der Waals surface area contributed by atoms with Crippen LogP contribution in [-0.4, -0.2) is 15.6 Å². The molecule has 0 aliphatic carbocycles. The third-order valence-corrected chi connectivity index (χ3v) is 2.21. The van der Waals surface area contributed by atoms with Crippen LogP contribution in [0.15, 0.2) is 23.5 Å². The second-order valence-electron chi connectivity index (χ2n) is 3.04. The van der Waals surface area contributed by atoms with E-state index in [1.165, 1.54) is 0 Å². The first-order chi connectivity index (χ1) is 6.20. The molecule has 1 aromatic rings. The standard InChI is InChI=1S/C9H15N3O/c1-3-7(2)12-6-4-5-8(12)9(10)11-13/h4-7,13H,3H2,1-2H3,(H2,10,11). The predicted molar refractivity (Wildman–Crippen MR) is 51.9 cm³/mol. The molecule has 0 radical (unpaired) electrons. The molecule has 4 heteroatoms. The molecule has 0 aliphatic rings. The number of rotatable bonds is 3. The van der Waals surface area contributed by atoms with Gasteiger partial charge in [0.15, 0.2) is 5.84 Å². The van der Waals surface area contributed by atoms with Gasteiger partial charge in [-0.05, 0) is 25.5 Å². The molecule has 0 fully saturated rings. The molecular formula is C9H15N3O. The molecule has 0 saturated carbocycles. The van der Waals surface area contributed by atoms with Gasteiger partial charge in [0.25, 0.3) is 0 Å². The first kappa shape index (κ1) is 9.64. The van der Waals surface area contributed by atoms with Gasteiger partial charge in [0, 0.05) is 12.2 Å². The van der Waals surface area contributed by atoms with Crippen molar-refractivity contribution in [2.24, 2.45) is 10.9 Å². The molecule has 1 unspecified atom stereocenters. The maximum atomic E-state index is 8.54. The molecule has 3 N–H and O–H groups in total. The minimum Gasteiger partial charge on any atom is -0.409 e. The smallest absolute Gasteiger partial charge is 0.186 e. The van der Waals surface area contributed by atoms with Crippen LogP contribution in [0.25, 0.3) is 0 Å². The zero-order valence-corrected chi connectivity index (χ0v) is 7.94. The zero-order valence-electron chi connectivity index (χ0n) is 7.94. The molecule has 0 spiro atoms. The largest absolute Gasteiger partial charge is 0.409 e. The van der Waals surface area contributed by atoms with Crippen molar-refractivity contribution in [2.45, 2.75) is 26.3 Å². The van der Waals surface area contributed by atoms with Crippen LogP contribution in [0, 0.1) is 0 Å². The highest BCUT2D eigenvalue weighted by atomic mass is 16.4. The lowest BCUT2D eigenvalue weighted by Crippen LogP contribution is -2.19. The Morgan fingerprint density at radius 2 is 2.46 bits per heavy atom. The van der Waals surface area contributed by atoms with E-state index in [0.717, 1.165) is 12.1 Å². The molecule has 13 heavy (non-hydrogen) atoms. The molecule has 0 aromatic carbocycles. The van der Waals surface area contributed by atoms with E-state index in [1.807, 2.05) is 22.9 Å². The number of aromatic nitrogens is 1. The highest BCUT2D eigenvalue weighted by molar-refractivity contribution is 5.95. The van der Waals surface area contributed by atoms with Crippen LogP contribution < -0.4 is 5.73 Å². The number of nitrogens with zero attached hydrogens (tertiary/aromatic N) is 2. The third kappa shape index (κ3) is 1.83. The van der Waals surface area contributed by atoms with Crippen LogP contribution in [0.2, 0.25) is 0 Å². The Kier molecular flexibility index (Phi) is 2.95. The van der Waals surface area contributed by atoms with Crippen LogP contribution >= 0.6 is 0 Å². The summed E-state index contributed by atoms with van der Waals surface area (Å²) in [4.78, 5) is 0. The summed E-state index contributed by atoms with van der Waals surface area (Å²) in [5.41, 5.74) is 6.27. The van der Waals surface area contributed by atoms with E-state index >= 15 is 0 Å². The second-order valence-corrected chi connectivity index (χ2v) is 3.04. The fourth-order valence-electron chi connectivity index (χ4n) is 1.24. The molecule has 0 aliphatic heterocycles. The molecule has 72 valence electrons. The minimum absolute atomic E-state index is 0.158.